The summed E-state index contributed by atoms with van der Waals surface area (Å²) in [6.07, 6.45) is -0.626. The van der Waals surface area contributed by atoms with Gasteiger partial charge in [0.15, 0.2) is 12.3 Å². The van der Waals surface area contributed by atoms with E-state index in [4.69, 9.17) is 0 Å². The maximum absolute atomic E-state index is 13.2. The summed E-state index contributed by atoms with van der Waals surface area (Å²) in [5, 5.41) is 29.1. The number of nitriles is 1. The number of benzene rings is 2. The first kappa shape index (κ1) is 20.4. The molecule has 6 nitrogen and oxygen atoms in total. The van der Waals surface area contributed by atoms with E-state index in [0.29, 0.717) is 29.8 Å². The third-order valence-electron chi connectivity index (χ3n) is 4.80. The molecule has 148 valence electrons. The third kappa shape index (κ3) is 4.25. The zero-order valence-corrected chi connectivity index (χ0v) is 16.8. The first-order valence-corrected chi connectivity index (χ1v) is 9.63. The summed E-state index contributed by atoms with van der Waals surface area (Å²) in [7, 11) is 0. The van der Waals surface area contributed by atoms with Crippen molar-refractivity contribution in [3.8, 4) is 6.07 Å². The fourth-order valence-corrected chi connectivity index (χ4v) is 3.61. The van der Waals surface area contributed by atoms with Crippen LogP contribution in [0.5, 0.6) is 0 Å². The van der Waals surface area contributed by atoms with Crippen LogP contribution in [-0.2, 0) is 4.79 Å². The summed E-state index contributed by atoms with van der Waals surface area (Å²) in [4.78, 5) is 14.5. The van der Waals surface area contributed by atoms with Crippen molar-refractivity contribution in [3.63, 3.8) is 0 Å². The van der Waals surface area contributed by atoms with Gasteiger partial charge in [-0.1, -0.05) is 43.3 Å². The number of hydrogen-bond donors (Lipinski definition) is 1. The fraction of sp³-hybridized carbons (Fsp3) is 0.304. The Kier molecular flexibility index (Phi) is 6.20. The van der Waals surface area contributed by atoms with E-state index in [-0.39, 0.29) is 11.5 Å². The van der Waals surface area contributed by atoms with Gasteiger partial charge in [0.1, 0.15) is 0 Å². The number of nitrogens with zero attached hydrogens (tertiary/aromatic N) is 4. The summed E-state index contributed by atoms with van der Waals surface area (Å²) in [6, 6.07) is 16.0. The quantitative estimate of drug-likeness (QED) is 0.774. The summed E-state index contributed by atoms with van der Waals surface area (Å²) in [5.74, 6) is -0.356. The van der Waals surface area contributed by atoms with E-state index in [2.05, 4.69) is 16.3 Å². The molecule has 0 saturated heterocycles. The lowest BCUT2D eigenvalue weighted by molar-refractivity contribution is -0.140. The molecule has 0 bridgehead atoms. The van der Waals surface area contributed by atoms with Crippen molar-refractivity contribution in [2.24, 2.45) is 10.2 Å². The van der Waals surface area contributed by atoms with Crippen molar-refractivity contribution in [3.05, 3.63) is 70.8 Å². The van der Waals surface area contributed by atoms with Crippen LogP contribution >= 0.6 is 0 Å². The molecule has 0 aromatic heterocycles. The van der Waals surface area contributed by atoms with Crippen molar-refractivity contribution in [2.75, 3.05) is 6.54 Å². The molecule has 2 atom stereocenters. The van der Waals surface area contributed by atoms with Crippen molar-refractivity contribution in [1.29, 1.82) is 5.26 Å². The van der Waals surface area contributed by atoms with Crippen LogP contribution in [0.15, 0.2) is 64.3 Å². The van der Waals surface area contributed by atoms with E-state index in [1.165, 1.54) is 4.90 Å². The summed E-state index contributed by atoms with van der Waals surface area (Å²) < 4.78 is 0. The molecule has 2 unspecified atom stereocenters. The Balaban J connectivity index is 2.13. The van der Waals surface area contributed by atoms with Crippen molar-refractivity contribution in [1.82, 2.24) is 4.90 Å². The highest BCUT2D eigenvalue weighted by Gasteiger charge is 2.41. The number of rotatable bonds is 5. The highest BCUT2D eigenvalue weighted by atomic mass is 16.3. The molecule has 0 spiro atoms. The second kappa shape index (κ2) is 8.80. The predicted octanol–water partition coefficient (Wildman–Crippen LogP) is 4.30. The Hall–Kier alpha value is -3.30. The Morgan fingerprint density at radius 3 is 2.38 bits per heavy atom. The SMILES string of the molecule is CCCN1C(=O)C(N=Nc2cc(C)cc(C)c2)C(c2ccccc2)=C(C#N)C1O. The number of amides is 1. The van der Waals surface area contributed by atoms with Crippen LogP contribution in [0.25, 0.3) is 5.57 Å². The van der Waals surface area contributed by atoms with Crippen LogP contribution < -0.4 is 0 Å². The summed E-state index contributed by atoms with van der Waals surface area (Å²) in [6.45, 7) is 6.19. The van der Waals surface area contributed by atoms with Gasteiger partial charge in [-0.25, -0.2) is 0 Å². The number of azo groups is 1. The molecule has 3 rings (SSSR count). The normalized spacial score (nSPS) is 19.7. The van der Waals surface area contributed by atoms with Gasteiger partial charge >= 0.3 is 0 Å². The van der Waals surface area contributed by atoms with E-state index in [0.717, 1.165) is 11.1 Å². The smallest absolute Gasteiger partial charge is 0.256 e. The Bertz CT molecular complexity index is 985. The van der Waals surface area contributed by atoms with E-state index >= 15 is 0 Å². The molecule has 6 heteroatoms. The minimum atomic E-state index is -1.28. The number of hydrogen-bond acceptors (Lipinski definition) is 5. The fourth-order valence-electron chi connectivity index (χ4n) is 3.61. The second-order valence-electron chi connectivity index (χ2n) is 7.17. The number of aryl methyl sites for hydroxylation is 2. The van der Waals surface area contributed by atoms with Gasteiger partial charge in [0.2, 0.25) is 0 Å². The molecule has 0 aliphatic carbocycles. The topological polar surface area (TPSA) is 89.0 Å². The highest BCUT2D eigenvalue weighted by Crippen LogP contribution is 2.34. The van der Waals surface area contributed by atoms with Crippen LogP contribution in [0.4, 0.5) is 5.69 Å². The van der Waals surface area contributed by atoms with Gasteiger partial charge in [-0.15, -0.1) is 0 Å². The van der Waals surface area contributed by atoms with Gasteiger partial charge in [0, 0.05) is 12.1 Å². The highest BCUT2D eigenvalue weighted by molar-refractivity contribution is 6.00. The first-order chi connectivity index (χ1) is 14.0. The monoisotopic (exact) mass is 388 g/mol. The van der Waals surface area contributed by atoms with Gasteiger partial charge in [-0.3, -0.25) is 4.79 Å². The largest absolute Gasteiger partial charge is 0.368 e. The molecular weight excluding hydrogens is 364 g/mol. The van der Waals surface area contributed by atoms with Gasteiger partial charge in [-0.2, -0.15) is 15.5 Å². The van der Waals surface area contributed by atoms with Crippen LogP contribution in [0.1, 0.15) is 30.0 Å². The molecule has 0 radical (unpaired) electrons. The van der Waals surface area contributed by atoms with Crippen molar-refractivity contribution < 1.29 is 9.90 Å². The van der Waals surface area contributed by atoms with Crippen molar-refractivity contribution >= 4 is 17.2 Å². The van der Waals surface area contributed by atoms with Crippen molar-refractivity contribution in [2.45, 2.75) is 39.5 Å². The average Bonchev–Trinajstić information content (AvgIpc) is 2.70. The van der Waals surface area contributed by atoms with E-state index in [9.17, 15) is 15.2 Å². The minimum absolute atomic E-state index is 0.133. The summed E-state index contributed by atoms with van der Waals surface area (Å²) >= 11 is 0. The van der Waals surface area contributed by atoms with E-state index in [1.54, 1.807) is 0 Å². The molecule has 1 aliphatic heterocycles. The van der Waals surface area contributed by atoms with Gasteiger partial charge in [-0.05, 0) is 49.1 Å². The van der Waals surface area contributed by atoms with E-state index < -0.39 is 12.3 Å². The molecule has 2 aromatic rings. The second-order valence-corrected chi connectivity index (χ2v) is 7.17. The van der Waals surface area contributed by atoms with Crippen LogP contribution in [0, 0.1) is 25.2 Å². The Labute approximate surface area is 170 Å². The molecule has 1 N–H and O–H groups in total. The predicted molar refractivity (Wildman–Crippen MR) is 111 cm³/mol. The lowest BCUT2D eigenvalue weighted by Gasteiger charge is -2.35. The third-order valence-corrected chi connectivity index (χ3v) is 4.80. The standard InChI is InChI=1S/C23H24N4O2/c1-4-10-27-22(28)19(14-24)20(17-8-6-5-7-9-17)21(23(27)29)26-25-18-12-15(2)11-16(3)13-18/h5-9,11-13,21-22,28H,4,10H2,1-3H3. The van der Waals surface area contributed by atoms with Crippen LogP contribution in [0.3, 0.4) is 0 Å². The molecule has 1 aliphatic rings. The lowest BCUT2D eigenvalue weighted by atomic mass is 9.88. The number of carbonyl (C=O) groups excluding carboxylic acids is 1. The van der Waals surface area contributed by atoms with Crippen LogP contribution in [0.2, 0.25) is 0 Å². The minimum Gasteiger partial charge on any atom is -0.368 e. The van der Waals surface area contributed by atoms with E-state index in [1.807, 2.05) is 69.3 Å². The van der Waals surface area contributed by atoms with Gasteiger partial charge in [0.25, 0.3) is 5.91 Å². The maximum Gasteiger partial charge on any atom is 0.256 e. The zero-order chi connectivity index (χ0) is 21.0. The maximum atomic E-state index is 13.2. The molecular formula is C23H24N4O2. The molecule has 2 aromatic carbocycles. The van der Waals surface area contributed by atoms with Gasteiger partial charge < -0.3 is 10.0 Å². The Morgan fingerprint density at radius 2 is 1.79 bits per heavy atom. The summed E-state index contributed by atoms with van der Waals surface area (Å²) in [5.41, 5.74) is 3.97. The first-order valence-electron chi connectivity index (χ1n) is 9.63. The van der Waals surface area contributed by atoms with Gasteiger partial charge in [0.05, 0.1) is 17.3 Å². The molecule has 0 saturated carbocycles. The molecule has 0 fully saturated rings. The Morgan fingerprint density at radius 1 is 1.14 bits per heavy atom. The number of carbonyl (C=O) groups is 1. The molecule has 29 heavy (non-hydrogen) atoms. The van der Waals surface area contributed by atoms with Crippen LogP contribution in [-0.4, -0.2) is 34.7 Å². The number of aliphatic hydroxyl groups is 1. The number of aliphatic hydroxyl groups excluding tert-OH is 1. The lowest BCUT2D eigenvalue weighted by Crippen LogP contribution is -2.50. The molecule has 1 amide bonds. The average molecular weight is 388 g/mol. The zero-order valence-electron chi connectivity index (χ0n) is 16.8. The molecule has 1 heterocycles.